The van der Waals surface area contributed by atoms with Crippen LogP contribution in [0.5, 0.6) is 0 Å². The van der Waals surface area contributed by atoms with Crippen molar-refractivity contribution < 1.29 is 13.2 Å². The third-order valence-electron chi connectivity index (χ3n) is 3.03. The van der Waals surface area contributed by atoms with Crippen LogP contribution in [0.15, 0.2) is 17.0 Å². The molecule has 0 aliphatic carbocycles. The summed E-state index contributed by atoms with van der Waals surface area (Å²) < 4.78 is 32.7. The fourth-order valence-corrected chi connectivity index (χ4v) is 3.73. The highest BCUT2D eigenvalue weighted by molar-refractivity contribution is 7.89. The third kappa shape index (κ3) is 4.19. The van der Waals surface area contributed by atoms with Gasteiger partial charge < -0.3 is 10.1 Å². The van der Waals surface area contributed by atoms with E-state index in [1.165, 1.54) is 0 Å². The highest BCUT2D eigenvalue weighted by Crippen LogP contribution is 2.24. The lowest BCUT2D eigenvalue weighted by molar-refractivity contribution is 0.0799. The average Bonchev–Trinajstić information content (AvgIpc) is 2.35. The zero-order chi connectivity index (χ0) is 15.3. The van der Waals surface area contributed by atoms with E-state index in [4.69, 9.17) is 4.74 Å². The molecular formula is C14H24N2O3S. The first-order valence-electron chi connectivity index (χ1n) is 6.72. The summed E-state index contributed by atoms with van der Waals surface area (Å²) in [6, 6.07) is 3.65. The number of nitrogens with one attached hydrogen (secondary N) is 2. The molecule has 0 aromatic heterocycles. The molecule has 1 unspecified atom stereocenters. The summed E-state index contributed by atoms with van der Waals surface area (Å²) in [6.07, 6.45) is -0.146. The van der Waals surface area contributed by atoms with Crippen LogP contribution in [0.1, 0.15) is 25.0 Å². The highest BCUT2D eigenvalue weighted by atomic mass is 32.2. The lowest BCUT2D eigenvalue weighted by atomic mass is 10.1. The minimum atomic E-state index is -3.52. The van der Waals surface area contributed by atoms with Crippen molar-refractivity contribution in [3.8, 4) is 0 Å². The van der Waals surface area contributed by atoms with Crippen LogP contribution in [0.25, 0.3) is 0 Å². The van der Waals surface area contributed by atoms with Gasteiger partial charge in [-0.25, -0.2) is 13.1 Å². The summed E-state index contributed by atoms with van der Waals surface area (Å²) in [7, 11) is -1.71. The van der Waals surface area contributed by atoms with Gasteiger partial charge in [0.05, 0.1) is 11.0 Å². The van der Waals surface area contributed by atoms with Gasteiger partial charge in [0, 0.05) is 25.9 Å². The quantitative estimate of drug-likeness (QED) is 0.809. The maximum Gasteiger partial charge on any atom is 0.241 e. The number of anilines is 1. The van der Waals surface area contributed by atoms with Gasteiger partial charge in [-0.2, -0.15) is 0 Å². The van der Waals surface area contributed by atoms with Crippen molar-refractivity contribution in [2.45, 2.75) is 38.7 Å². The lowest BCUT2D eigenvalue weighted by Gasteiger charge is -2.16. The average molecular weight is 300 g/mol. The summed E-state index contributed by atoms with van der Waals surface area (Å²) in [4.78, 5) is 0.347. The van der Waals surface area contributed by atoms with Gasteiger partial charge in [0.25, 0.3) is 0 Å². The van der Waals surface area contributed by atoms with Gasteiger partial charge >= 0.3 is 0 Å². The number of hydrogen-bond donors (Lipinski definition) is 2. The summed E-state index contributed by atoms with van der Waals surface area (Å²) in [5, 5.41) is 3.02. The Hall–Kier alpha value is -1.11. The second-order valence-corrected chi connectivity index (χ2v) is 6.51. The van der Waals surface area contributed by atoms with E-state index in [2.05, 4.69) is 10.0 Å². The fraction of sp³-hybridized carbons (Fsp3) is 0.571. The Labute approximate surface area is 121 Å². The summed E-state index contributed by atoms with van der Waals surface area (Å²) >= 11 is 0. The van der Waals surface area contributed by atoms with Crippen molar-refractivity contribution >= 4 is 15.7 Å². The predicted octanol–water partition coefficient (Wildman–Crippen LogP) is 2.05. The first-order valence-corrected chi connectivity index (χ1v) is 8.20. The van der Waals surface area contributed by atoms with Crippen LogP contribution in [0.2, 0.25) is 0 Å². The fourth-order valence-electron chi connectivity index (χ4n) is 2.16. The van der Waals surface area contributed by atoms with Gasteiger partial charge in [-0.15, -0.1) is 0 Å². The molecule has 1 aromatic rings. The van der Waals surface area contributed by atoms with Crippen molar-refractivity contribution in [1.82, 2.24) is 4.72 Å². The Morgan fingerprint density at radius 3 is 2.25 bits per heavy atom. The molecule has 6 heteroatoms. The Balaban J connectivity index is 2.98. The molecular weight excluding hydrogens is 276 g/mol. The van der Waals surface area contributed by atoms with E-state index in [1.807, 2.05) is 33.0 Å². The van der Waals surface area contributed by atoms with E-state index in [0.29, 0.717) is 11.5 Å². The Morgan fingerprint density at radius 2 is 1.80 bits per heavy atom. The van der Waals surface area contributed by atoms with Gasteiger partial charge in [-0.3, -0.25) is 0 Å². The van der Waals surface area contributed by atoms with E-state index >= 15 is 0 Å². The molecule has 1 rings (SSSR count). The van der Waals surface area contributed by atoms with Crippen molar-refractivity contribution in [2.24, 2.45) is 0 Å². The van der Waals surface area contributed by atoms with E-state index in [9.17, 15) is 8.42 Å². The van der Waals surface area contributed by atoms with Gasteiger partial charge in [-0.05, 0) is 51.0 Å². The topological polar surface area (TPSA) is 67.4 Å². The SMILES string of the molecule is CCOC(C)CNS(=O)(=O)c1c(C)cc(NC)cc1C. The molecule has 0 aliphatic rings. The molecule has 114 valence electrons. The standard InChI is InChI=1S/C14H24N2O3S/c1-6-19-12(4)9-16-20(17,18)14-10(2)7-13(15-5)8-11(14)3/h7-8,12,15-16H,6,9H2,1-5H3. The highest BCUT2D eigenvalue weighted by Gasteiger charge is 2.20. The molecule has 0 radical (unpaired) electrons. The Morgan fingerprint density at radius 1 is 1.25 bits per heavy atom. The monoisotopic (exact) mass is 300 g/mol. The number of sulfonamides is 1. The zero-order valence-corrected chi connectivity index (χ0v) is 13.6. The van der Waals surface area contributed by atoms with Crippen LogP contribution in [0.3, 0.4) is 0 Å². The van der Waals surface area contributed by atoms with Crippen LogP contribution in [-0.4, -0.2) is 34.7 Å². The normalized spacial score (nSPS) is 13.2. The van der Waals surface area contributed by atoms with Gasteiger partial charge in [0.1, 0.15) is 0 Å². The van der Waals surface area contributed by atoms with Crippen molar-refractivity contribution in [2.75, 3.05) is 25.5 Å². The van der Waals surface area contributed by atoms with Crippen LogP contribution >= 0.6 is 0 Å². The first kappa shape index (κ1) is 16.9. The maximum atomic E-state index is 12.4. The summed E-state index contributed by atoms with van der Waals surface area (Å²) in [6.45, 7) is 8.16. The molecule has 0 heterocycles. The van der Waals surface area contributed by atoms with Crippen LogP contribution < -0.4 is 10.0 Å². The van der Waals surface area contributed by atoms with E-state index < -0.39 is 10.0 Å². The molecule has 2 N–H and O–H groups in total. The number of benzene rings is 1. The number of ether oxygens (including phenoxy) is 1. The van der Waals surface area contributed by atoms with Gasteiger partial charge in [-0.1, -0.05) is 0 Å². The molecule has 20 heavy (non-hydrogen) atoms. The van der Waals surface area contributed by atoms with E-state index in [0.717, 1.165) is 16.8 Å². The van der Waals surface area contributed by atoms with Crippen molar-refractivity contribution in [1.29, 1.82) is 0 Å². The van der Waals surface area contributed by atoms with Crippen LogP contribution in [0, 0.1) is 13.8 Å². The van der Waals surface area contributed by atoms with E-state index in [-0.39, 0.29) is 12.6 Å². The third-order valence-corrected chi connectivity index (χ3v) is 4.76. The molecule has 0 spiro atoms. The molecule has 1 atom stereocenters. The molecule has 0 bridgehead atoms. The largest absolute Gasteiger partial charge is 0.388 e. The second kappa shape index (κ2) is 7.06. The van der Waals surface area contributed by atoms with Crippen molar-refractivity contribution in [3.63, 3.8) is 0 Å². The van der Waals surface area contributed by atoms with Gasteiger partial charge in [0.15, 0.2) is 0 Å². The molecule has 0 amide bonds. The maximum absolute atomic E-state index is 12.4. The zero-order valence-electron chi connectivity index (χ0n) is 12.8. The van der Waals surface area contributed by atoms with E-state index in [1.54, 1.807) is 13.8 Å². The molecule has 0 saturated carbocycles. The molecule has 1 aromatic carbocycles. The molecule has 5 nitrogen and oxygen atoms in total. The van der Waals surface area contributed by atoms with Crippen LogP contribution in [-0.2, 0) is 14.8 Å². The molecule has 0 fully saturated rings. The smallest absolute Gasteiger partial charge is 0.241 e. The minimum Gasteiger partial charge on any atom is -0.388 e. The summed E-state index contributed by atoms with van der Waals surface area (Å²) in [5.41, 5.74) is 2.36. The molecule has 0 saturated heterocycles. The second-order valence-electron chi connectivity index (χ2n) is 4.81. The predicted molar refractivity (Wildman–Crippen MR) is 81.7 cm³/mol. The molecule has 0 aliphatic heterocycles. The summed E-state index contributed by atoms with van der Waals surface area (Å²) in [5.74, 6) is 0. The van der Waals surface area contributed by atoms with Crippen LogP contribution in [0.4, 0.5) is 5.69 Å². The number of aryl methyl sites for hydroxylation is 2. The number of rotatable bonds is 7. The lowest BCUT2D eigenvalue weighted by Crippen LogP contribution is -2.33. The Kier molecular flexibility index (Phi) is 5.98. The van der Waals surface area contributed by atoms with Gasteiger partial charge in [0.2, 0.25) is 10.0 Å². The number of hydrogen-bond acceptors (Lipinski definition) is 4. The first-order chi connectivity index (χ1) is 9.31. The Bertz CT molecular complexity index is 533. The minimum absolute atomic E-state index is 0.146. The van der Waals surface area contributed by atoms with Crippen molar-refractivity contribution in [3.05, 3.63) is 23.3 Å².